The Balaban J connectivity index is 2.84. The van der Waals surface area contributed by atoms with Crippen molar-refractivity contribution in [3.05, 3.63) is 0 Å². The molecule has 0 spiro atoms. The first-order valence-electron chi connectivity index (χ1n) is 5.85. The molecule has 0 fully saturated rings. The second kappa shape index (κ2) is 5.32. The summed E-state index contributed by atoms with van der Waals surface area (Å²) in [7, 11) is 0. The zero-order chi connectivity index (χ0) is 12.2. The first-order valence-corrected chi connectivity index (χ1v) is 5.85. The topological polar surface area (TPSA) is 43.2 Å². The van der Waals surface area contributed by atoms with Gasteiger partial charge in [-0.15, -0.1) is 0 Å². The standard InChI is InChI=1S/C12H22N2O2/c1-6-15-9-8-13-11(16-7-2)10(14-9)12(3,4)5/h10H,6-8H2,1-5H3/t10-/m1/s1. The molecule has 0 aromatic heterocycles. The van der Waals surface area contributed by atoms with Gasteiger partial charge in [-0.05, 0) is 19.3 Å². The van der Waals surface area contributed by atoms with Crippen LogP contribution in [0.4, 0.5) is 0 Å². The van der Waals surface area contributed by atoms with Crippen LogP contribution in [0.1, 0.15) is 34.6 Å². The van der Waals surface area contributed by atoms with Gasteiger partial charge in [-0.1, -0.05) is 20.8 Å². The molecule has 4 heteroatoms. The smallest absolute Gasteiger partial charge is 0.210 e. The minimum atomic E-state index is -0.0391. The Morgan fingerprint density at radius 1 is 1.19 bits per heavy atom. The first kappa shape index (κ1) is 13.0. The highest BCUT2D eigenvalue weighted by atomic mass is 16.5. The summed E-state index contributed by atoms with van der Waals surface area (Å²) in [5, 5.41) is 0. The van der Waals surface area contributed by atoms with Gasteiger partial charge in [0.15, 0.2) is 0 Å². The molecule has 1 atom stereocenters. The summed E-state index contributed by atoms with van der Waals surface area (Å²) in [6, 6.07) is -0.0391. The Morgan fingerprint density at radius 2 is 1.81 bits per heavy atom. The molecule has 0 aromatic carbocycles. The number of hydrogen-bond donors (Lipinski definition) is 0. The molecule has 1 heterocycles. The molecule has 1 aliphatic rings. The molecule has 0 unspecified atom stereocenters. The van der Waals surface area contributed by atoms with Gasteiger partial charge in [0, 0.05) is 0 Å². The third-order valence-electron chi connectivity index (χ3n) is 2.30. The Bertz CT molecular complexity index is 290. The number of hydrogen-bond acceptors (Lipinski definition) is 4. The van der Waals surface area contributed by atoms with Crippen molar-refractivity contribution in [3.8, 4) is 0 Å². The summed E-state index contributed by atoms with van der Waals surface area (Å²) in [4.78, 5) is 8.99. The van der Waals surface area contributed by atoms with Crippen molar-refractivity contribution in [1.29, 1.82) is 0 Å². The fraction of sp³-hybridized carbons (Fsp3) is 0.833. The maximum Gasteiger partial charge on any atom is 0.210 e. The van der Waals surface area contributed by atoms with Gasteiger partial charge in [0.1, 0.15) is 12.6 Å². The minimum Gasteiger partial charge on any atom is -0.480 e. The van der Waals surface area contributed by atoms with Crippen LogP contribution in [0.5, 0.6) is 0 Å². The van der Waals surface area contributed by atoms with Crippen molar-refractivity contribution in [2.24, 2.45) is 15.4 Å². The van der Waals surface area contributed by atoms with Crippen LogP contribution < -0.4 is 0 Å². The van der Waals surface area contributed by atoms with Crippen LogP contribution in [0.15, 0.2) is 9.98 Å². The van der Waals surface area contributed by atoms with Crippen LogP contribution in [0.25, 0.3) is 0 Å². The zero-order valence-corrected chi connectivity index (χ0v) is 10.9. The van der Waals surface area contributed by atoms with Crippen molar-refractivity contribution in [3.63, 3.8) is 0 Å². The second-order valence-corrected chi connectivity index (χ2v) is 4.81. The Hall–Kier alpha value is -1.06. The first-order chi connectivity index (χ1) is 7.49. The van der Waals surface area contributed by atoms with Gasteiger partial charge in [-0.3, -0.25) is 0 Å². The fourth-order valence-corrected chi connectivity index (χ4v) is 1.56. The lowest BCUT2D eigenvalue weighted by Gasteiger charge is -2.30. The molecule has 0 saturated heterocycles. The summed E-state index contributed by atoms with van der Waals surface area (Å²) in [6.45, 7) is 12.1. The normalized spacial score (nSPS) is 21.2. The van der Waals surface area contributed by atoms with Crippen molar-refractivity contribution in [2.75, 3.05) is 19.8 Å². The third-order valence-corrected chi connectivity index (χ3v) is 2.30. The molecule has 1 rings (SSSR count). The summed E-state index contributed by atoms with van der Waals surface area (Å²) in [5.41, 5.74) is -0.00320. The van der Waals surface area contributed by atoms with Crippen molar-refractivity contribution >= 4 is 11.8 Å². The quantitative estimate of drug-likeness (QED) is 0.725. The number of nitrogens with zero attached hydrogens (tertiary/aromatic N) is 2. The summed E-state index contributed by atoms with van der Waals surface area (Å²) in [6.07, 6.45) is 0. The summed E-state index contributed by atoms with van der Waals surface area (Å²) in [5.74, 6) is 1.45. The van der Waals surface area contributed by atoms with Gasteiger partial charge in [-0.2, -0.15) is 0 Å². The van der Waals surface area contributed by atoms with E-state index in [0.717, 1.165) is 5.90 Å². The van der Waals surface area contributed by atoms with E-state index in [0.29, 0.717) is 25.7 Å². The third kappa shape index (κ3) is 3.22. The zero-order valence-electron chi connectivity index (χ0n) is 10.9. The van der Waals surface area contributed by atoms with Crippen LogP contribution in [0.3, 0.4) is 0 Å². The van der Waals surface area contributed by atoms with Crippen LogP contribution in [-0.4, -0.2) is 37.6 Å². The highest BCUT2D eigenvalue weighted by Crippen LogP contribution is 2.26. The molecule has 0 saturated carbocycles. The Morgan fingerprint density at radius 3 is 2.31 bits per heavy atom. The molecule has 0 bridgehead atoms. The minimum absolute atomic E-state index is 0.00320. The highest BCUT2D eigenvalue weighted by molar-refractivity contribution is 5.92. The van der Waals surface area contributed by atoms with E-state index in [1.54, 1.807) is 0 Å². The molecular formula is C12H22N2O2. The van der Waals surface area contributed by atoms with Gasteiger partial charge < -0.3 is 9.47 Å². The molecule has 0 aromatic rings. The fourth-order valence-electron chi connectivity index (χ4n) is 1.56. The average Bonchev–Trinajstić information content (AvgIpc) is 2.19. The van der Waals surface area contributed by atoms with Gasteiger partial charge in [-0.25, -0.2) is 9.98 Å². The molecule has 0 radical (unpaired) electrons. The van der Waals surface area contributed by atoms with Crippen LogP contribution >= 0.6 is 0 Å². The Labute approximate surface area is 97.8 Å². The van der Waals surface area contributed by atoms with E-state index in [9.17, 15) is 0 Å². The molecule has 0 amide bonds. The summed E-state index contributed by atoms with van der Waals surface area (Å²) < 4.78 is 11.0. The Kier molecular flexibility index (Phi) is 4.33. The number of rotatable bonds is 2. The molecule has 4 nitrogen and oxygen atoms in total. The molecule has 0 N–H and O–H groups in total. The monoisotopic (exact) mass is 226 g/mol. The number of aliphatic imine (C=N–C) groups is 2. The summed E-state index contributed by atoms with van der Waals surface area (Å²) >= 11 is 0. The van der Waals surface area contributed by atoms with Gasteiger partial charge >= 0.3 is 0 Å². The van der Waals surface area contributed by atoms with Crippen molar-refractivity contribution < 1.29 is 9.47 Å². The van der Waals surface area contributed by atoms with Crippen molar-refractivity contribution in [1.82, 2.24) is 0 Å². The molecule has 0 aliphatic carbocycles. The highest BCUT2D eigenvalue weighted by Gasteiger charge is 2.33. The lowest BCUT2D eigenvalue weighted by atomic mass is 9.86. The van der Waals surface area contributed by atoms with Gasteiger partial charge in [0.2, 0.25) is 11.8 Å². The van der Waals surface area contributed by atoms with E-state index in [2.05, 4.69) is 30.8 Å². The van der Waals surface area contributed by atoms with E-state index in [-0.39, 0.29) is 11.5 Å². The molecular weight excluding hydrogens is 204 g/mol. The number of ether oxygens (including phenoxy) is 2. The van der Waals surface area contributed by atoms with E-state index in [1.165, 1.54) is 0 Å². The average molecular weight is 226 g/mol. The SMILES string of the molecule is CCOC1=N[C@@H](C(C)(C)C)C(OCC)=NC1. The van der Waals surface area contributed by atoms with E-state index in [1.807, 2.05) is 13.8 Å². The molecule has 1 aliphatic heterocycles. The van der Waals surface area contributed by atoms with Gasteiger partial charge in [0.05, 0.1) is 13.2 Å². The van der Waals surface area contributed by atoms with E-state index in [4.69, 9.17) is 9.47 Å². The maximum absolute atomic E-state index is 5.54. The van der Waals surface area contributed by atoms with Crippen LogP contribution in [0.2, 0.25) is 0 Å². The second-order valence-electron chi connectivity index (χ2n) is 4.81. The lowest BCUT2D eigenvalue weighted by molar-refractivity contribution is 0.258. The van der Waals surface area contributed by atoms with Gasteiger partial charge in [0.25, 0.3) is 0 Å². The van der Waals surface area contributed by atoms with Crippen molar-refractivity contribution in [2.45, 2.75) is 40.7 Å². The van der Waals surface area contributed by atoms with E-state index >= 15 is 0 Å². The maximum atomic E-state index is 5.54. The predicted molar refractivity (Wildman–Crippen MR) is 66.2 cm³/mol. The molecule has 16 heavy (non-hydrogen) atoms. The van der Waals surface area contributed by atoms with Crippen LogP contribution in [-0.2, 0) is 9.47 Å². The molecule has 92 valence electrons. The van der Waals surface area contributed by atoms with E-state index < -0.39 is 0 Å². The van der Waals surface area contributed by atoms with Crippen LogP contribution in [0, 0.1) is 5.41 Å². The largest absolute Gasteiger partial charge is 0.480 e. The predicted octanol–water partition coefficient (Wildman–Crippen LogP) is 2.28. The lowest BCUT2D eigenvalue weighted by Crippen LogP contribution is -2.39.